The summed E-state index contributed by atoms with van der Waals surface area (Å²) in [6.07, 6.45) is -0.0537. The van der Waals surface area contributed by atoms with Crippen molar-refractivity contribution in [2.24, 2.45) is 0 Å². The zero-order valence-corrected chi connectivity index (χ0v) is 20.1. The lowest BCUT2D eigenvalue weighted by molar-refractivity contribution is 0.0286. The van der Waals surface area contributed by atoms with Crippen molar-refractivity contribution in [1.29, 1.82) is 5.41 Å². The van der Waals surface area contributed by atoms with Gasteiger partial charge < -0.3 is 20.8 Å². The maximum absolute atomic E-state index is 14.6. The summed E-state index contributed by atoms with van der Waals surface area (Å²) in [5.41, 5.74) is 7.31. The Bertz CT molecular complexity index is 1320. The minimum Gasteiger partial charge on any atom is -0.471 e. The number of pyridine rings is 1. The van der Waals surface area contributed by atoms with Crippen LogP contribution in [0.25, 0.3) is 11.4 Å². The highest BCUT2D eigenvalue weighted by molar-refractivity contribution is 7.92. The quantitative estimate of drug-likeness (QED) is 0.421. The van der Waals surface area contributed by atoms with Gasteiger partial charge in [-0.25, -0.2) is 14.4 Å². The molecule has 1 aliphatic rings. The van der Waals surface area contributed by atoms with Crippen LogP contribution in [0.5, 0.6) is 5.88 Å². The highest BCUT2D eigenvalue weighted by atomic mass is 32.2. The van der Waals surface area contributed by atoms with E-state index in [2.05, 4.69) is 19.7 Å². The highest BCUT2D eigenvalue weighted by Gasteiger charge is 2.31. The topological polar surface area (TPSA) is 147 Å². The zero-order chi connectivity index (χ0) is 25.2. The minimum atomic E-state index is -3.84. The number of halogens is 1. The summed E-state index contributed by atoms with van der Waals surface area (Å²) in [5, 5.41) is 7.96. The monoisotopic (exact) mass is 499 g/mol. The molecule has 10 nitrogen and oxygen atoms in total. The Morgan fingerprint density at radius 2 is 1.97 bits per heavy atom. The largest absolute Gasteiger partial charge is 0.471 e. The van der Waals surface area contributed by atoms with Gasteiger partial charge in [0.15, 0.2) is 10.9 Å². The summed E-state index contributed by atoms with van der Waals surface area (Å²) in [7, 11) is -2.00. The number of rotatable bonds is 7. The predicted molar refractivity (Wildman–Crippen MR) is 131 cm³/mol. The van der Waals surface area contributed by atoms with Crippen LogP contribution in [0, 0.1) is 5.41 Å². The van der Waals surface area contributed by atoms with Gasteiger partial charge in [-0.2, -0.15) is 13.4 Å². The number of hydrogen-bond donors (Lipinski definition) is 3. The molecule has 184 valence electrons. The fourth-order valence-electron chi connectivity index (χ4n) is 3.74. The number of sulfonamides is 1. The molecule has 0 aliphatic carbocycles. The first-order valence-electron chi connectivity index (χ1n) is 10.9. The number of likely N-dealkylation sites (tertiary alicyclic amines) is 1. The minimum absolute atomic E-state index is 0.0424. The van der Waals surface area contributed by atoms with E-state index in [1.165, 1.54) is 19.2 Å². The van der Waals surface area contributed by atoms with Crippen LogP contribution in [-0.4, -0.2) is 66.4 Å². The van der Waals surface area contributed by atoms with Crippen LogP contribution >= 0.6 is 0 Å². The number of nitrogens with one attached hydrogen (secondary N) is 2. The van der Waals surface area contributed by atoms with Crippen LogP contribution in [0.3, 0.4) is 0 Å². The average molecular weight is 500 g/mol. The standard InChI is InChI=1S/C23H26FN7O3S/c1-14(25)20-21(26)28-22(29-23(20)34-18-10-12-31(2)13-17(18)24)15-6-8-16(9-7-15)30-35(32,33)19-5-3-4-11-27-19/h3-9,11,17-18,25,30H,10,12-13H2,1-2H3,(H2,26,28,29)/t17-,18+/m0/s1. The normalized spacial score (nSPS) is 18.7. The molecule has 3 heterocycles. The number of nitrogens with two attached hydrogens (primary N) is 1. The lowest BCUT2D eigenvalue weighted by Crippen LogP contribution is -2.45. The molecule has 4 N–H and O–H groups in total. The van der Waals surface area contributed by atoms with Crippen LogP contribution in [0.15, 0.2) is 53.7 Å². The number of nitrogens with zero attached hydrogens (tertiary/aromatic N) is 4. The highest BCUT2D eigenvalue weighted by Crippen LogP contribution is 2.30. The second kappa shape index (κ2) is 9.92. The average Bonchev–Trinajstić information content (AvgIpc) is 2.81. The van der Waals surface area contributed by atoms with Gasteiger partial charge in [0.25, 0.3) is 10.0 Å². The summed E-state index contributed by atoms with van der Waals surface area (Å²) >= 11 is 0. The first-order chi connectivity index (χ1) is 16.6. The third kappa shape index (κ3) is 5.54. The van der Waals surface area contributed by atoms with Gasteiger partial charge >= 0.3 is 0 Å². The van der Waals surface area contributed by atoms with Crippen molar-refractivity contribution in [2.75, 3.05) is 30.6 Å². The van der Waals surface area contributed by atoms with E-state index >= 15 is 0 Å². The second-order valence-electron chi connectivity index (χ2n) is 8.31. The summed E-state index contributed by atoms with van der Waals surface area (Å²) in [4.78, 5) is 14.5. The smallest absolute Gasteiger partial charge is 0.279 e. The number of ether oxygens (including phenoxy) is 1. The van der Waals surface area contributed by atoms with Gasteiger partial charge in [0.05, 0.1) is 5.56 Å². The van der Waals surface area contributed by atoms with Gasteiger partial charge in [0.2, 0.25) is 5.88 Å². The van der Waals surface area contributed by atoms with Gasteiger partial charge in [-0.3, -0.25) is 4.72 Å². The van der Waals surface area contributed by atoms with E-state index in [1.54, 1.807) is 36.4 Å². The van der Waals surface area contributed by atoms with E-state index in [9.17, 15) is 12.8 Å². The van der Waals surface area contributed by atoms with Crippen molar-refractivity contribution in [1.82, 2.24) is 19.9 Å². The van der Waals surface area contributed by atoms with E-state index < -0.39 is 22.3 Å². The van der Waals surface area contributed by atoms with E-state index in [0.29, 0.717) is 24.2 Å². The SMILES string of the molecule is CC(=N)c1c(N)nc(-c2ccc(NS(=O)(=O)c3ccccn3)cc2)nc1O[C@@H]1CCN(C)C[C@@H]1F. The van der Waals surface area contributed by atoms with Gasteiger partial charge in [0.1, 0.15) is 18.1 Å². The molecular weight excluding hydrogens is 473 g/mol. The number of aromatic nitrogens is 3. The summed E-state index contributed by atoms with van der Waals surface area (Å²) in [6, 6.07) is 11.0. The molecular formula is C23H26FN7O3S. The Morgan fingerprint density at radius 1 is 1.23 bits per heavy atom. The van der Waals surface area contributed by atoms with Gasteiger partial charge in [-0.1, -0.05) is 6.07 Å². The van der Waals surface area contributed by atoms with Gasteiger partial charge in [0, 0.05) is 36.2 Å². The molecule has 4 rings (SSSR count). The first-order valence-corrected chi connectivity index (χ1v) is 12.4. The van der Waals surface area contributed by atoms with Crippen molar-refractivity contribution in [3.05, 3.63) is 54.2 Å². The Balaban J connectivity index is 1.60. The molecule has 0 bridgehead atoms. The molecule has 1 aliphatic heterocycles. The van der Waals surface area contributed by atoms with Crippen molar-refractivity contribution in [3.63, 3.8) is 0 Å². The maximum atomic E-state index is 14.6. The van der Waals surface area contributed by atoms with E-state index in [0.717, 1.165) is 0 Å². The van der Waals surface area contributed by atoms with Crippen LogP contribution in [-0.2, 0) is 10.0 Å². The van der Waals surface area contributed by atoms with Crippen molar-refractivity contribution < 1.29 is 17.5 Å². The predicted octanol–water partition coefficient (Wildman–Crippen LogP) is 2.73. The van der Waals surface area contributed by atoms with Crippen LogP contribution < -0.4 is 15.2 Å². The van der Waals surface area contributed by atoms with Crippen molar-refractivity contribution >= 4 is 27.2 Å². The van der Waals surface area contributed by atoms with Gasteiger partial charge in [-0.05, 0) is 56.8 Å². The molecule has 1 aromatic carbocycles. The molecule has 0 amide bonds. The molecule has 0 radical (unpaired) electrons. The summed E-state index contributed by atoms with van der Waals surface area (Å²) < 4.78 is 48.0. The van der Waals surface area contributed by atoms with E-state index in [4.69, 9.17) is 15.9 Å². The number of hydrogen-bond acceptors (Lipinski definition) is 9. The molecule has 12 heteroatoms. The van der Waals surface area contributed by atoms with Gasteiger partial charge in [-0.15, -0.1) is 0 Å². The Kier molecular flexibility index (Phi) is 6.94. The van der Waals surface area contributed by atoms with Crippen LogP contribution in [0.4, 0.5) is 15.9 Å². The molecule has 2 atom stereocenters. The fraction of sp³-hybridized carbons (Fsp3) is 0.304. The Morgan fingerprint density at radius 3 is 2.60 bits per heavy atom. The molecule has 2 aromatic heterocycles. The maximum Gasteiger partial charge on any atom is 0.279 e. The number of alkyl halides is 1. The molecule has 0 unspecified atom stereocenters. The lowest BCUT2D eigenvalue weighted by Gasteiger charge is -2.32. The third-order valence-electron chi connectivity index (χ3n) is 5.54. The summed E-state index contributed by atoms with van der Waals surface area (Å²) in [5.74, 6) is 0.308. The second-order valence-corrected chi connectivity index (χ2v) is 9.94. The molecule has 1 fully saturated rings. The molecule has 0 saturated carbocycles. The van der Waals surface area contributed by atoms with E-state index in [-0.39, 0.29) is 40.4 Å². The number of anilines is 2. The van der Waals surface area contributed by atoms with Crippen LogP contribution in [0.1, 0.15) is 18.9 Å². The molecule has 1 saturated heterocycles. The number of nitrogen functional groups attached to an aromatic ring is 1. The Labute approximate surface area is 202 Å². The third-order valence-corrected chi connectivity index (χ3v) is 6.83. The molecule has 0 spiro atoms. The van der Waals surface area contributed by atoms with Crippen molar-refractivity contribution in [2.45, 2.75) is 30.6 Å². The summed E-state index contributed by atoms with van der Waals surface area (Å²) in [6.45, 7) is 2.45. The van der Waals surface area contributed by atoms with Crippen LogP contribution in [0.2, 0.25) is 0 Å². The van der Waals surface area contributed by atoms with E-state index in [1.807, 2.05) is 11.9 Å². The first kappa shape index (κ1) is 24.5. The number of piperidine rings is 1. The molecule has 3 aromatic rings. The zero-order valence-electron chi connectivity index (χ0n) is 19.3. The van der Waals surface area contributed by atoms with Crippen molar-refractivity contribution in [3.8, 4) is 17.3 Å². The molecule has 35 heavy (non-hydrogen) atoms. The Hall–Kier alpha value is -3.64. The fourth-order valence-corrected chi connectivity index (χ4v) is 4.74. The lowest BCUT2D eigenvalue weighted by atomic mass is 10.1. The number of benzene rings is 1.